The van der Waals surface area contributed by atoms with Crippen LogP contribution < -0.4 is 0 Å². The first-order valence-electron chi connectivity index (χ1n) is 8.87. The third kappa shape index (κ3) is 3.49. The molecule has 0 radical (unpaired) electrons. The van der Waals surface area contributed by atoms with Crippen LogP contribution in [0.15, 0.2) is 72.8 Å². The summed E-state index contributed by atoms with van der Waals surface area (Å²) in [4.78, 5) is 17.4. The normalized spacial score (nSPS) is 16.7. The van der Waals surface area contributed by atoms with Crippen molar-refractivity contribution in [3.63, 3.8) is 0 Å². The van der Waals surface area contributed by atoms with Crippen LogP contribution in [0.4, 0.5) is 0 Å². The van der Waals surface area contributed by atoms with Crippen molar-refractivity contribution in [2.45, 2.75) is 19.4 Å². The predicted octanol–water partition coefficient (Wildman–Crippen LogP) is 5.24. The minimum atomic E-state index is 0.0755. The molecule has 0 fully saturated rings. The third-order valence-corrected chi connectivity index (χ3v) is 5.86. The van der Waals surface area contributed by atoms with Crippen molar-refractivity contribution in [2.24, 2.45) is 0 Å². The number of nitrogens with zero attached hydrogens (tertiary/aromatic N) is 1. The Bertz CT molecular complexity index is 927. The lowest BCUT2D eigenvalue weighted by atomic mass is 9.88. The van der Waals surface area contributed by atoms with Crippen LogP contribution in [0, 0.1) is 6.92 Å². The van der Waals surface area contributed by atoms with Gasteiger partial charge in [0.15, 0.2) is 0 Å². The first-order valence-corrected chi connectivity index (χ1v) is 9.68. The van der Waals surface area contributed by atoms with Gasteiger partial charge in [-0.1, -0.05) is 60.7 Å². The first kappa shape index (κ1) is 16.8. The lowest BCUT2D eigenvalue weighted by Gasteiger charge is -2.32. The first-order chi connectivity index (χ1) is 12.7. The largest absolute Gasteiger partial charge is 0.333 e. The van der Waals surface area contributed by atoms with Crippen molar-refractivity contribution in [2.75, 3.05) is 6.54 Å². The maximum absolute atomic E-state index is 12.8. The molecule has 130 valence electrons. The molecule has 1 aliphatic rings. The molecule has 0 saturated heterocycles. The van der Waals surface area contributed by atoms with Crippen LogP contribution in [0.2, 0.25) is 0 Å². The number of carbonyl (C=O) groups is 1. The molecule has 2 aromatic carbocycles. The van der Waals surface area contributed by atoms with Crippen LogP contribution in [0.5, 0.6) is 0 Å². The maximum atomic E-state index is 12.8. The van der Waals surface area contributed by atoms with Gasteiger partial charge in [-0.25, -0.2) is 0 Å². The van der Waals surface area contributed by atoms with Gasteiger partial charge in [-0.2, -0.15) is 0 Å². The molecule has 0 unspecified atom stereocenters. The molecule has 2 nitrogen and oxygen atoms in total. The molecular formula is C23H21NOS. The number of hydrogen-bond acceptors (Lipinski definition) is 2. The van der Waals surface area contributed by atoms with Crippen LogP contribution >= 0.6 is 11.3 Å². The second kappa shape index (κ2) is 7.30. The van der Waals surface area contributed by atoms with Crippen molar-refractivity contribution in [1.82, 2.24) is 4.90 Å². The Balaban J connectivity index is 1.60. The van der Waals surface area contributed by atoms with E-state index in [9.17, 15) is 4.79 Å². The van der Waals surface area contributed by atoms with E-state index < -0.39 is 0 Å². The number of amides is 1. The van der Waals surface area contributed by atoms with Gasteiger partial charge in [0, 0.05) is 28.3 Å². The van der Waals surface area contributed by atoms with E-state index >= 15 is 0 Å². The molecule has 3 aromatic rings. The van der Waals surface area contributed by atoms with Gasteiger partial charge in [0.05, 0.1) is 6.54 Å². The van der Waals surface area contributed by atoms with E-state index in [4.69, 9.17) is 0 Å². The lowest BCUT2D eigenvalue weighted by molar-refractivity contribution is -0.127. The summed E-state index contributed by atoms with van der Waals surface area (Å²) in [6.45, 7) is 3.58. The Morgan fingerprint density at radius 2 is 1.77 bits per heavy atom. The number of thiophene rings is 1. The van der Waals surface area contributed by atoms with Crippen LogP contribution in [-0.4, -0.2) is 17.4 Å². The molecule has 1 aromatic heterocycles. The average molecular weight is 359 g/mol. The number of hydrogen-bond donors (Lipinski definition) is 0. The summed E-state index contributed by atoms with van der Waals surface area (Å²) in [5.74, 6) is 0.325. The van der Waals surface area contributed by atoms with Gasteiger partial charge < -0.3 is 4.90 Å². The van der Waals surface area contributed by atoms with Crippen molar-refractivity contribution < 1.29 is 4.79 Å². The Hall–Kier alpha value is -2.65. The molecular weight excluding hydrogens is 338 g/mol. The smallest absolute Gasteiger partial charge is 0.246 e. The minimum Gasteiger partial charge on any atom is -0.333 e. The monoisotopic (exact) mass is 359 g/mol. The maximum Gasteiger partial charge on any atom is 0.246 e. The molecule has 3 heteroatoms. The van der Waals surface area contributed by atoms with E-state index in [-0.39, 0.29) is 11.8 Å². The van der Waals surface area contributed by atoms with E-state index in [0.29, 0.717) is 6.54 Å². The third-order valence-electron chi connectivity index (χ3n) is 4.81. The van der Waals surface area contributed by atoms with Crippen molar-refractivity contribution >= 4 is 23.3 Å². The Kier molecular flexibility index (Phi) is 4.72. The fraction of sp³-hybridized carbons (Fsp3) is 0.174. The van der Waals surface area contributed by atoms with Crippen molar-refractivity contribution in [1.29, 1.82) is 0 Å². The second-order valence-electron chi connectivity index (χ2n) is 6.66. The van der Waals surface area contributed by atoms with Gasteiger partial charge in [-0.05, 0) is 35.8 Å². The summed E-state index contributed by atoms with van der Waals surface area (Å²) in [6, 6.07) is 22.8. The van der Waals surface area contributed by atoms with Gasteiger partial charge >= 0.3 is 0 Å². The molecule has 1 amide bonds. The summed E-state index contributed by atoms with van der Waals surface area (Å²) in [6.07, 6.45) is 3.60. The molecule has 4 rings (SSSR count). The topological polar surface area (TPSA) is 20.3 Å². The fourth-order valence-corrected chi connectivity index (χ4v) is 4.65. The quantitative estimate of drug-likeness (QED) is 0.585. The highest BCUT2D eigenvalue weighted by Crippen LogP contribution is 2.38. The average Bonchev–Trinajstić information content (AvgIpc) is 3.07. The highest BCUT2D eigenvalue weighted by atomic mass is 32.1. The van der Waals surface area contributed by atoms with Gasteiger partial charge in [0.1, 0.15) is 0 Å². The van der Waals surface area contributed by atoms with E-state index in [0.717, 1.165) is 12.1 Å². The Morgan fingerprint density at radius 3 is 2.50 bits per heavy atom. The highest BCUT2D eigenvalue weighted by molar-refractivity contribution is 7.12. The zero-order chi connectivity index (χ0) is 17.9. The van der Waals surface area contributed by atoms with Crippen molar-refractivity contribution in [3.05, 3.63) is 99.3 Å². The van der Waals surface area contributed by atoms with E-state index in [2.05, 4.69) is 37.3 Å². The van der Waals surface area contributed by atoms with Crippen molar-refractivity contribution in [3.8, 4) is 0 Å². The van der Waals surface area contributed by atoms with E-state index in [1.165, 1.54) is 20.9 Å². The number of carbonyl (C=O) groups excluding carboxylic acids is 1. The Morgan fingerprint density at radius 1 is 1.08 bits per heavy atom. The number of fused-ring (bicyclic) bond motifs is 1. The molecule has 1 atom stereocenters. The molecule has 0 spiro atoms. The predicted molar refractivity (Wildman–Crippen MR) is 108 cm³/mol. The standard InChI is InChI=1S/C23H21NOS/c1-17-14-20-21(19-10-6-3-7-11-19)15-24(16-22(20)26-17)23(25)13-12-18-8-4-2-5-9-18/h2-14,21H,15-16H2,1H3/b13-12+/t21-/m1/s1. The second-order valence-corrected chi connectivity index (χ2v) is 8.00. The molecule has 26 heavy (non-hydrogen) atoms. The number of aryl methyl sites for hydroxylation is 1. The molecule has 0 N–H and O–H groups in total. The SMILES string of the molecule is Cc1cc2c(s1)CN(C(=O)/C=C/c1ccccc1)C[C@@H]2c1ccccc1. The zero-order valence-corrected chi connectivity index (χ0v) is 15.6. The fourth-order valence-electron chi connectivity index (χ4n) is 3.53. The molecule has 0 aliphatic carbocycles. The van der Waals surface area contributed by atoms with Gasteiger partial charge in [-0.15, -0.1) is 11.3 Å². The minimum absolute atomic E-state index is 0.0755. The number of rotatable bonds is 3. The van der Waals surface area contributed by atoms with Gasteiger partial charge in [0.25, 0.3) is 0 Å². The van der Waals surface area contributed by atoms with Crippen LogP contribution in [-0.2, 0) is 11.3 Å². The van der Waals surface area contributed by atoms with Crippen LogP contribution in [0.1, 0.15) is 32.4 Å². The van der Waals surface area contributed by atoms with Crippen LogP contribution in [0.25, 0.3) is 6.08 Å². The summed E-state index contributed by atoms with van der Waals surface area (Å²) in [5.41, 5.74) is 3.70. The molecule has 2 heterocycles. The zero-order valence-electron chi connectivity index (χ0n) is 14.8. The molecule has 1 aliphatic heterocycles. The van der Waals surface area contributed by atoms with Gasteiger partial charge in [0.2, 0.25) is 5.91 Å². The van der Waals surface area contributed by atoms with Crippen LogP contribution in [0.3, 0.4) is 0 Å². The lowest BCUT2D eigenvalue weighted by Crippen LogP contribution is -2.37. The summed E-state index contributed by atoms with van der Waals surface area (Å²) in [5, 5.41) is 0. The molecule has 0 saturated carbocycles. The van der Waals surface area contributed by atoms with E-state index in [1.807, 2.05) is 47.4 Å². The Labute approximate surface area is 158 Å². The summed E-state index contributed by atoms with van der Waals surface area (Å²) in [7, 11) is 0. The summed E-state index contributed by atoms with van der Waals surface area (Å²) < 4.78 is 0. The highest BCUT2D eigenvalue weighted by Gasteiger charge is 2.29. The summed E-state index contributed by atoms with van der Waals surface area (Å²) >= 11 is 1.81. The number of benzene rings is 2. The van der Waals surface area contributed by atoms with E-state index in [1.54, 1.807) is 17.4 Å². The molecule has 0 bridgehead atoms. The van der Waals surface area contributed by atoms with Gasteiger partial charge in [-0.3, -0.25) is 4.79 Å².